The number of benzene rings is 2. The average molecular weight is 283 g/mol. The smallest absolute Gasteiger partial charge is 0.0392 e. The summed E-state index contributed by atoms with van der Waals surface area (Å²) in [6.07, 6.45) is 3.81. The lowest BCUT2D eigenvalue weighted by atomic mass is 10.0. The van der Waals surface area contributed by atoms with Gasteiger partial charge in [0.15, 0.2) is 0 Å². The van der Waals surface area contributed by atoms with Crippen LogP contribution in [0.1, 0.15) is 34.7 Å². The number of rotatable bonds is 4. The van der Waals surface area contributed by atoms with Gasteiger partial charge in [-0.3, -0.25) is 0 Å². The Morgan fingerprint density at radius 1 is 1.10 bits per heavy atom. The summed E-state index contributed by atoms with van der Waals surface area (Å²) >= 11 is 1.87. The third-order valence-corrected chi connectivity index (χ3v) is 5.20. The molecule has 1 aliphatic rings. The van der Waals surface area contributed by atoms with E-state index in [-0.39, 0.29) is 6.04 Å². The fourth-order valence-electron chi connectivity index (χ4n) is 2.92. The number of hydrogen-bond acceptors (Lipinski definition) is 2. The molecule has 1 unspecified atom stereocenters. The number of aryl methyl sites for hydroxylation is 3. The molecule has 0 aromatic heterocycles. The Bertz CT molecular complexity index is 606. The van der Waals surface area contributed by atoms with Crippen LogP contribution in [0.5, 0.6) is 0 Å². The highest BCUT2D eigenvalue weighted by Crippen LogP contribution is 2.29. The lowest BCUT2D eigenvalue weighted by Gasteiger charge is -2.14. The molecule has 0 fully saturated rings. The van der Waals surface area contributed by atoms with Crippen molar-refractivity contribution in [3.63, 3.8) is 0 Å². The molecule has 0 radical (unpaired) electrons. The normalized spacial score (nSPS) is 15.1. The van der Waals surface area contributed by atoms with Gasteiger partial charge in [0.2, 0.25) is 0 Å². The van der Waals surface area contributed by atoms with Gasteiger partial charge < -0.3 is 5.73 Å². The van der Waals surface area contributed by atoms with Gasteiger partial charge in [0.05, 0.1) is 0 Å². The van der Waals surface area contributed by atoms with Crippen molar-refractivity contribution < 1.29 is 0 Å². The van der Waals surface area contributed by atoms with E-state index in [1.54, 1.807) is 5.56 Å². The topological polar surface area (TPSA) is 26.0 Å². The molecule has 2 heteroatoms. The van der Waals surface area contributed by atoms with Gasteiger partial charge in [-0.05, 0) is 60.6 Å². The van der Waals surface area contributed by atoms with Gasteiger partial charge in [-0.25, -0.2) is 0 Å². The second-order valence-corrected chi connectivity index (χ2v) is 6.65. The first-order chi connectivity index (χ1) is 9.74. The molecule has 104 valence electrons. The molecule has 2 aromatic carbocycles. The number of thioether (sulfide) groups is 1. The lowest BCUT2D eigenvalue weighted by Crippen LogP contribution is -2.14. The van der Waals surface area contributed by atoms with Crippen LogP contribution in [0.25, 0.3) is 0 Å². The SMILES string of the molecule is Cc1ccccc1C(N)CSc1ccc2c(c1)CCC2. The molecule has 2 aromatic rings. The number of hydrogen-bond donors (Lipinski definition) is 1. The molecule has 3 rings (SSSR count). The minimum absolute atomic E-state index is 0.106. The first kappa shape index (κ1) is 13.7. The lowest BCUT2D eigenvalue weighted by molar-refractivity contribution is 0.822. The Labute approximate surface area is 125 Å². The van der Waals surface area contributed by atoms with Crippen LogP contribution in [0, 0.1) is 6.92 Å². The monoisotopic (exact) mass is 283 g/mol. The minimum atomic E-state index is 0.106. The molecule has 0 saturated carbocycles. The standard InChI is InChI=1S/C18H21NS/c1-13-5-2-3-8-17(13)18(19)12-20-16-10-9-14-6-4-7-15(14)11-16/h2-3,5,8-11,18H,4,6-7,12,19H2,1H3. The molecule has 0 heterocycles. The van der Waals surface area contributed by atoms with Crippen molar-refractivity contribution in [1.82, 2.24) is 0 Å². The largest absolute Gasteiger partial charge is 0.323 e. The fraction of sp³-hybridized carbons (Fsp3) is 0.333. The van der Waals surface area contributed by atoms with Crippen molar-refractivity contribution in [2.24, 2.45) is 5.73 Å². The predicted octanol–water partition coefficient (Wildman–Crippen LogP) is 4.28. The molecule has 2 N–H and O–H groups in total. The van der Waals surface area contributed by atoms with E-state index in [0.717, 1.165) is 5.75 Å². The van der Waals surface area contributed by atoms with Crippen LogP contribution in [0.4, 0.5) is 0 Å². The van der Waals surface area contributed by atoms with Gasteiger partial charge in [-0.2, -0.15) is 0 Å². The molecule has 1 aliphatic carbocycles. The third-order valence-electron chi connectivity index (χ3n) is 4.09. The molecule has 0 bridgehead atoms. The molecule has 0 amide bonds. The Morgan fingerprint density at radius 2 is 1.90 bits per heavy atom. The first-order valence-corrected chi connectivity index (χ1v) is 8.28. The van der Waals surface area contributed by atoms with Crippen molar-refractivity contribution in [1.29, 1.82) is 0 Å². The van der Waals surface area contributed by atoms with Crippen LogP contribution in [-0.4, -0.2) is 5.75 Å². The molecule has 0 saturated heterocycles. The van der Waals surface area contributed by atoms with Crippen molar-refractivity contribution in [2.75, 3.05) is 5.75 Å². The summed E-state index contributed by atoms with van der Waals surface area (Å²) in [6, 6.07) is 15.4. The average Bonchev–Trinajstić information content (AvgIpc) is 2.92. The minimum Gasteiger partial charge on any atom is -0.323 e. The maximum Gasteiger partial charge on any atom is 0.0392 e. The summed E-state index contributed by atoms with van der Waals surface area (Å²) < 4.78 is 0. The highest BCUT2D eigenvalue weighted by Gasteiger charge is 2.12. The highest BCUT2D eigenvalue weighted by atomic mass is 32.2. The Hall–Kier alpha value is -1.25. The molecule has 0 spiro atoms. The molecule has 20 heavy (non-hydrogen) atoms. The van der Waals surface area contributed by atoms with Crippen LogP contribution < -0.4 is 5.73 Å². The van der Waals surface area contributed by atoms with Crippen LogP contribution in [0.15, 0.2) is 47.4 Å². The number of nitrogens with two attached hydrogens (primary N) is 1. The Balaban J connectivity index is 1.66. The van der Waals surface area contributed by atoms with Gasteiger partial charge in [0.1, 0.15) is 0 Å². The third kappa shape index (κ3) is 2.92. The predicted molar refractivity (Wildman–Crippen MR) is 87.3 cm³/mol. The second kappa shape index (κ2) is 6.02. The van der Waals surface area contributed by atoms with E-state index in [1.807, 2.05) is 11.8 Å². The van der Waals surface area contributed by atoms with E-state index >= 15 is 0 Å². The summed E-state index contributed by atoms with van der Waals surface area (Å²) in [5, 5.41) is 0. The van der Waals surface area contributed by atoms with Crippen molar-refractivity contribution in [2.45, 2.75) is 37.1 Å². The summed E-state index contributed by atoms with van der Waals surface area (Å²) in [5.41, 5.74) is 12.0. The Kier molecular flexibility index (Phi) is 4.13. The van der Waals surface area contributed by atoms with E-state index in [4.69, 9.17) is 5.73 Å². The maximum absolute atomic E-state index is 6.34. The fourth-order valence-corrected chi connectivity index (χ4v) is 3.86. The quantitative estimate of drug-likeness (QED) is 0.848. The van der Waals surface area contributed by atoms with Crippen molar-refractivity contribution >= 4 is 11.8 Å². The number of fused-ring (bicyclic) bond motifs is 1. The maximum atomic E-state index is 6.34. The molecule has 0 aliphatic heterocycles. The summed E-state index contributed by atoms with van der Waals surface area (Å²) in [4.78, 5) is 1.36. The van der Waals surface area contributed by atoms with Gasteiger partial charge >= 0.3 is 0 Å². The van der Waals surface area contributed by atoms with Crippen molar-refractivity contribution in [3.8, 4) is 0 Å². The van der Waals surface area contributed by atoms with Crippen LogP contribution in [0.2, 0.25) is 0 Å². The van der Waals surface area contributed by atoms with Crippen LogP contribution in [-0.2, 0) is 12.8 Å². The van der Waals surface area contributed by atoms with Gasteiger partial charge in [0, 0.05) is 16.7 Å². The second-order valence-electron chi connectivity index (χ2n) is 5.56. The van der Waals surface area contributed by atoms with Crippen molar-refractivity contribution in [3.05, 3.63) is 64.7 Å². The van der Waals surface area contributed by atoms with E-state index in [9.17, 15) is 0 Å². The van der Waals surface area contributed by atoms with E-state index in [0.29, 0.717) is 0 Å². The summed E-state index contributed by atoms with van der Waals surface area (Å²) in [6.45, 7) is 2.13. The van der Waals surface area contributed by atoms with E-state index in [2.05, 4.69) is 49.4 Å². The van der Waals surface area contributed by atoms with Crippen LogP contribution >= 0.6 is 11.8 Å². The van der Waals surface area contributed by atoms with Gasteiger partial charge in [-0.15, -0.1) is 11.8 Å². The molecular formula is C18H21NS. The summed E-state index contributed by atoms with van der Waals surface area (Å²) in [7, 11) is 0. The zero-order chi connectivity index (χ0) is 13.9. The van der Waals surface area contributed by atoms with Crippen LogP contribution in [0.3, 0.4) is 0 Å². The molecular weight excluding hydrogens is 262 g/mol. The summed E-state index contributed by atoms with van der Waals surface area (Å²) in [5.74, 6) is 0.934. The molecule has 1 atom stereocenters. The van der Waals surface area contributed by atoms with E-state index < -0.39 is 0 Å². The first-order valence-electron chi connectivity index (χ1n) is 7.30. The Morgan fingerprint density at radius 3 is 2.75 bits per heavy atom. The zero-order valence-corrected chi connectivity index (χ0v) is 12.7. The van der Waals surface area contributed by atoms with Gasteiger partial charge in [0.25, 0.3) is 0 Å². The zero-order valence-electron chi connectivity index (χ0n) is 11.9. The highest BCUT2D eigenvalue weighted by molar-refractivity contribution is 7.99. The van der Waals surface area contributed by atoms with Gasteiger partial charge in [-0.1, -0.05) is 30.3 Å². The van der Waals surface area contributed by atoms with E-state index in [1.165, 1.54) is 40.8 Å². The molecule has 1 nitrogen and oxygen atoms in total.